The zero-order valence-electron chi connectivity index (χ0n) is 12.5. The summed E-state index contributed by atoms with van der Waals surface area (Å²) in [4.78, 5) is 37.1. The maximum atomic E-state index is 12.0. The highest BCUT2D eigenvalue weighted by atomic mass is 16.7. The van der Waals surface area contributed by atoms with Gasteiger partial charge in [-0.2, -0.15) is 0 Å². The first-order chi connectivity index (χ1) is 11.6. The van der Waals surface area contributed by atoms with Gasteiger partial charge < -0.3 is 14.2 Å². The number of aromatic amines is 1. The van der Waals surface area contributed by atoms with Crippen molar-refractivity contribution in [2.24, 2.45) is 0 Å². The Bertz CT molecular complexity index is 874. The van der Waals surface area contributed by atoms with E-state index in [1.165, 1.54) is 16.8 Å². The standard InChI is InChI=1S/C16H14N2O6/c19-11-6-7-18(16(21)17-11)14-13-12(24-13)10(23-14)8-22-15(20)9-4-2-1-3-5-9/h1-7,10,12-14H,8H2,(H,17,19,21)/t10-,12+,13+,14-/m1/s1. The highest BCUT2D eigenvalue weighted by Crippen LogP contribution is 2.44. The van der Waals surface area contributed by atoms with Gasteiger partial charge in [-0.1, -0.05) is 18.2 Å². The number of carbonyl (C=O) groups is 1. The van der Waals surface area contributed by atoms with E-state index in [2.05, 4.69) is 4.98 Å². The van der Waals surface area contributed by atoms with E-state index < -0.39 is 29.6 Å². The number of hydrogen-bond donors (Lipinski definition) is 1. The van der Waals surface area contributed by atoms with Gasteiger partial charge in [0.15, 0.2) is 6.23 Å². The predicted octanol–water partition coefficient (Wildman–Crippen LogP) is 0.0584. The van der Waals surface area contributed by atoms with E-state index in [9.17, 15) is 14.4 Å². The fourth-order valence-corrected chi connectivity index (χ4v) is 2.80. The van der Waals surface area contributed by atoms with Crippen molar-refractivity contribution in [2.45, 2.75) is 24.5 Å². The highest BCUT2D eigenvalue weighted by Gasteiger charge is 2.59. The number of hydrogen-bond acceptors (Lipinski definition) is 6. The maximum absolute atomic E-state index is 12.0. The average molecular weight is 330 g/mol. The number of benzene rings is 1. The molecule has 8 heteroatoms. The van der Waals surface area contributed by atoms with Crippen molar-refractivity contribution < 1.29 is 19.0 Å². The smallest absolute Gasteiger partial charge is 0.338 e. The van der Waals surface area contributed by atoms with Gasteiger partial charge in [-0.3, -0.25) is 14.3 Å². The van der Waals surface area contributed by atoms with Crippen LogP contribution in [0.2, 0.25) is 0 Å². The van der Waals surface area contributed by atoms with Crippen LogP contribution in [-0.4, -0.2) is 40.4 Å². The molecule has 124 valence electrons. The fourth-order valence-electron chi connectivity index (χ4n) is 2.80. The summed E-state index contributed by atoms with van der Waals surface area (Å²) in [6, 6.07) is 9.88. The summed E-state index contributed by atoms with van der Waals surface area (Å²) in [5.41, 5.74) is -0.586. The van der Waals surface area contributed by atoms with Crippen LogP contribution in [0.1, 0.15) is 16.6 Å². The lowest BCUT2D eigenvalue weighted by atomic mass is 10.2. The zero-order valence-corrected chi connectivity index (χ0v) is 12.5. The monoisotopic (exact) mass is 330 g/mol. The Kier molecular flexibility index (Phi) is 3.55. The Hall–Kier alpha value is -2.71. The van der Waals surface area contributed by atoms with E-state index in [-0.39, 0.29) is 18.8 Å². The van der Waals surface area contributed by atoms with Crippen LogP contribution in [-0.2, 0) is 14.2 Å². The van der Waals surface area contributed by atoms with E-state index in [0.717, 1.165) is 0 Å². The molecule has 1 N–H and O–H groups in total. The second-order valence-electron chi connectivity index (χ2n) is 5.61. The molecule has 3 heterocycles. The van der Waals surface area contributed by atoms with Gasteiger partial charge in [0.25, 0.3) is 5.56 Å². The number of epoxide rings is 1. The van der Waals surface area contributed by atoms with Gasteiger partial charge in [-0.05, 0) is 12.1 Å². The van der Waals surface area contributed by atoms with Gasteiger partial charge in [-0.15, -0.1) is 0 Å². The number of ether oxygens (including phenoxy) is 3. The minimum atomic E-state index is -0.639. The van der Waals surface area contributed by atoms with Crippen LogP contribution in [0.4, 0.5) is 0 Å². The molecule has 1 aromatic carbocycles. The molecule has 24 heavy (non-hydrogen) atoms. The number of H-pyrrole nitrogens is 1. The normalized spacial score (nSPS) is 27.5. The minimum absolute atomic E-state index is 0.0312. The molecule has 0 amide bonds. The number of fused-ring (bicyclic) bond motifs is 1. The van der Waals surface area contributed by atoms with Crippen LogP contribution < -0.4 is 11.2 Å². The SMILES string of the molecule is O=C(OC[C@H]1O[C@@H](n2ccc(=O)[nH]c2=O)[C@H]2O[C@H]21)c1ccccc1. The Balaban J connectivity index is 1.42. The van der Waals surface area contributed by atoms with Crippen LogP contribution >= 0.6 is 0 Å². The molecule has 2 aliphatic heterocycles. The van der Waals surface area contributed by atoms with Crippen LogP contribution in [0.3, 0.4) is 0 Å². The van der Waals surface area contributed by atoms with Gasteiger partial charge in [0.2, 0.25) is 0 Å². The number of aromatic nitrogens is 2. The van der Waals surface area contributed by atoms with Gasteiger partial charge >= 0.3 is 11.7 Å². The molecule has 2 saturated heterocycles. The predicted molar refractivity (Wildman–Crippen MR) is 80.6 cm³/mol. The molecule has 2 aromatic rings. The molecule has 0 saturated carbocycles. The first kappa shape index (κ1) is 14.9. The Morgan fingerprint density at radius 2 is 1.92 bits per heavy atom. The quantitative estimate of drug-likeness (QED) is 0.628. The van der Waals surface area contributed by atoms with Gasteiger partial charge in [0.1, 0.15) is 24.9 Å². The van der Waals surface area contributed by atoms with Crippen molar-refractivity contribution in [1.82, 2.24) is 9.55 Å². The molecule has 0 unspecified atom stereocenters. The van der Waals surface area contributed by atoms with Gasteiger partial charge in [-0.25, -0.2) is 9.59 Å². The lowest BCUT2D eigenvalue weighted by Gasteiger charge is -2.18. The summed E-state index contributed by atoms with van der Waals surface area (Å²) in [6.45, 7) is 0.0312. The Labute approximate surface area is 135 Å². The zero-order chi connectivity index (χ0) is 16.7. The average Bonchev–Trinajstić information content (AvgIpc) is 3.30. The molecule has 2 aliphatic rings. The van der Waals surface area contributed by atoms with Crippen molar-refractivity contribution >= 4 is 5.97 Å². The van der Waals surface area contributed by atoms with Gasteiger partial charge in [0, 0.05) is 12.3 Å². The van der Waals surface area contributed by atoms with Crippen LogP contribution in [0.15, 0.2) is 52.2 Å². The lowest BCUT2D eigenvalue weighted by molar-refractivity contribution is -0.0887. The summed E-state index contributed by atoms with van der Waals surface area (Å²) in [5, 5.41) is 0. The van der Waals surface area contributed by atoms with E-state index >= 15 is 0 Å². The topological polar surface area (TPSA) is 103 Å². The van der Waals surface area contributed by atoms with E-state index in [1.807, 2.05) is 6.07 Å². The highest BCUT2D eigenvalue weighted by molar-refractivity contribution is 5.89. The number of rotatable bonds is 4. The first-order valence-corrected chi connectivity index (χ1v) is 7.48. The number of carbonyl (C=O) groups excluding carboxylic acids is 1. The first-order valence-electron chi connectivity index (χ1n) is 7.48. The van der Waals surface area contributed by atoms with Crippen LogP contribution in [0.25, 0.3) is 0 Å². The van der Waals surface area contributed by atoms with Crippen molar-refractivity contribution in [3.05, 3.63) is 69.0 Å². The van der Waals surface area contributed by atoms with Gasteiger partial charge in [0.05, 0.1) is 5.56 Å². The van der Waals surface area contributed by atoms with E-state index in [4.69, 9.17) is 14.2 Å². The molecule has 8 nitrogen and oxygen atoms in total. The molecule has 0 spiro atoms. The van der Waals surface area contributed by atoms with E-state index in [1.54, 1.807) is 24.3 Å². The molecule has 0 aliphatic carbocycles. The van der Waals surface area contributed by atoms with Crippen LogP contribution in [0.5, 0.6) is 0 Å². The summed E-state index contributed by atoms with van der Waals surface area (Å²) >= 11 is 0. The molecule has 0 bridgehead atoms. The number of nitrogens with zero attached hydrogens (tertiary/aromatic N) is 1. The van der Waals surface area contributed by atoms with Crippen molar-refractivity contribution in [1.29, 1.82) is 0 Å². The van der Waals surface area contributed by atoms with E-state index in [0.29, 0.717) is 5.56 Å². The molecule has 1 aromatic heterocycles. The third-order valence-corrected chi connectivity index (χ3v) is 4.04. The molecular formula is C16H14N2O6. The largest absolute Gasteiger partial charge is 0.459 e. The lowest BCUT2D eigenvalue weighted by Crippen LogP contribution is -2.34. The second kappa shape index (κ2) is 5.73. The number of esters is 1. The molecular weight excluding hydrogens is 316 g/mol. The minimum Gasteiger partial charge on any atom is -0.459 e. The fraction of sp³-hybridized carbons (Fsp3) is 0.312. The Morgan fingerprint density at radius 3 is 2.67 bits per heavy atom. The summed E-state index contributed by atoms with van der Waals surface area (Å²) in [5.74, 6) is -0.443. The van der Waals surface area contributed by atoms with Crippen LogP contribution in [0, 0.1) is 0 Å². The number of nitrogens with one attached hydrogen (secondary N) is 1. The third-order valence-electron chi connectivity index (χ3n) is 4.04. The van der Waals surface area contributed by atoms with Crippen molar-refractivity contribution in [2.75, 3.05) is 6.61 Å². The summed E-state index contributed by atoms with van der Waals surface area (Å²) in [7, 11) is 0. The third kappa shape index (κ3) is 2.66. The Morgan fingerprint density at radius 1 is 1.12 bits per heavy atom. The van der Waals surface area contributed by atoms with Crippen molar-refractivity contribution in [3.8, 4) is 0 Å². The summed E-state index contributed by atoms with van der Waals surface area (Å²) in [6.07, 6.45) is -0.235. The molecule has 4 rings (SSSR count). The maximum Gasteiger partial charge on any atom is 0.338 e. The molecule has 0 radical (unpaired) electrons. The summed E-state index contributed by atoms with van der Waals surface area (Å²) < 4.78 is 17.8. The second-order valence-corrected chi connectivity index (χ2v) is 5.61. The molecule has 2 fully saturated rings. The molecule has 4 atom stereocenters. The van der Waals surface area contributed by atoms with Crippen molar-refractivity contribution in [3.63, 3.8) is 0 Å².